The van der Waals surface area contributed by atoms with Crippen molar-refractivity contribution >= 4 is 5.71 Å². The molecule has 0 amide bonds. The molecule has 1 atom stereocenters. The number of nitrogens with zero attached hydrogens (tertiary/aromatic N) is 2. The van der Waals surface area contributed by atoms with Gasteiger partial charge in [0.25, 0.3) is 0 Å². The van der Waals surface area contributed by atoms with Gasteiger partial charge in [-0.15, -0.1) is 13.2 Å². The first-order valence-corrected chi connectivity index (χ1v) is 9.34. The van der Waals surface area contributed by atoms with Crippen LogP contribution in [0.25, 0.3) is 11.1 Å². The van der Waals surface area contributed by atoms with Crippen molar-refractivity contribution in [3.8, 4) is 16.9 Å². The summed E-state index contributed by atoms with van der Waals surface area (Å²) in [6.07, 6.45) is -1.06. The van der Waals surface area contributed by atoms with E-state index in [1.165, 1.54) is 12.1 Å². The number of rotatable bonds is 4. The molecule has 6 heteroatoms. The van der Waals surface area contributed by atoms with Crippen LogP contribution in [0.4, 0.5) is 13.2 Å². The highest BCUT2D eigenvalue weighted by Gasteiger charge is 2.31. The Morgan fingerprint density at radius 1 is 0.931 bits per heavy atom. The summed E-state index contributed by atoms with van der Waals surface area (Å²) < 4.78 is 40.7. The Morgan fingerprint density at radius 3 is 2.21 bits per heavy atom. The number of benzene rings is 2. The van der Waals surface area contributed by atoms with Crippen LogP contribution in [-0.4, -0.2) is 17.1 Å². The molecule has 3 aromatic rings. The predicted molar refractivity (Wildman–Crippen MR) is 106 cm³/mol. The van der Waals surface area contributed by atoms with Crippen molar-refractivity contribution in [1.82, 2.24) is 4.98 Å². The molecule has 148 valence electrons. The molecule has 0 spiro atoms. The van der Waals surface area contributed by atoms with E-state index in [-0.39, 0.29) is 11.8 Å². The van der Waals surface area contributed by atoms with Crippen LogP contribution in [0.5, 0.6) is 5.75 Å². The summed E-state index contributed by atoms with van der Waals surface area (Å²) in [6, 6.07) is 17.9. The number of aliphatic imine (C=N–C) groups is 1. The molecular weight excluding hydrogens is 377 g/mol. The Labute approximate surface area is 166 Å². The molecule has 1 aliphatic heterocycles. The molecule has 0 bridgehead atoms. The SMILES string of the molecule is Cc1cccnc1C1=NC(c2ccc(-c3ccc(OC(F)(F)F)cc3)cc2)CC1. The van der Waals surface area contributed by atoms with Crippen LogP contribution >= 0.6 is 0 Å². The van der Waals surface area contributed by atoms with Crippen LogP contribution in [0.3, 0.4) is 0 Å². The summed E-state index contributed by atoms with van der Waals surface area (Å²) in [5.74, 6) is -0.226. The summed E-state index contributed by atoms with van der Waals surface area (Å²) in [7, 11) is 0. The Kier molecular flexibility index (Phi) is 5.09. The number of hydrogen-bond donors (Lipinski definition) is 0. The third kappa shape index (κ3) is 4.47. The summed E-state index contributed by atoms with van der Waals surface area (Å²) in [6.45, 7) is 2.04. The molecule has 0 saturated carbocycles. The summed E-state index contributed by atoms with van der Waals surface area (Å²) >= 11 is 0. The topological polar surface area (TPSA) is 34.5 Å². The monoisotopic (exact) mass is 396 g/mol. The van der Waals surface area contributed by atoms with E-state index in [2.05, 4.69) is 9.72 Å². The van der Waals surface area contributed by atoms with Crippen molar-refractivity contribution in [3.63, 3.8) is 0 Å². The van der Waals surface area contributed by atoms with E-state index in [0.29, 0.717) is 0 Å². The largest absolute Gasteiger partial charge is 0.573 e. The van der Waals surface area contributed by atoms with Crippen molar-refractivity contribution in [1.29, 1.82) is 0 Å². The number of pyridine rings is 1. The minimum absolute atomic E-state index is 0.100. The van der Waals surface area contributed by atoms with E-state index >= 15 is 0 Å². The molecule has 1 aromatic heterocycles. The average molecular weight is 396 g/mol. The molecule has 1 aliphatic rings. The summed E-state index contributed by atoms with van der Waals surface area (Å²) in [5, 5.41) is 0. The van der Waals surface area contributed by atoms with Gasteiger partial charge >= 0.3 is 6.36 Å². The maximum atomic E-state index is 12.3. The predicted octanol–water partition coefficient (Wildman–Crippen LogP) is 6.28. The Balaban J connectivity index is 1.49. The van der Waals surface area contributed by atoms with Gasteiger partial charge in [-0.3, -0.25) is 9.98 Å². The van der Waals surface area contributed by atoms with Crippen molar-refractivity contribution in [2.45, 2.75) is 32.2 Å². The average Bonchev–Trinajstić information content (AvgIpc) is 3.18. The molecule has 4 rings (SSSR count). The van der Waals surface area contributed by atoms with Gasteiger partial charge in [0.1, 0.15) is 5.75 Å². The lowest BCUT2D eigenvalue weighted by Crippen LogP contribution is -2.16. The van der Waals surface area contributed by atoms with Gasteiger partial charge in [0.2, 0.25) is 0 Å². The fourth-order valence-electron chi connectivity index (χ4n) is 3.55. The Hall–Kier alpha value is -3.15. The van der Waals surface area contributed by atoms with Crippen LogP contribution in [0, 0.1) is 6.92 Å². The second-order valence-electron chi connectivity index (χ2n) is 6.99. The van der Waals surface area contributed by atoms with Gasteiger partial charge in [-0.1, -0.05) is 42.5 Å². The fourth-order valence-corrected chi connectivity index (χ4v) is 3.55. The summed E-state index contributed by atoms with van der Waals surface area (Å²) in [5.41, 5.74) is 6.00. The van der Waals surface area contributed by atoms with Crippen molar-refractivity contribution in [3.05, 3.63) is 83.7 Å². The lowest BCUT2D eigenvalue weighted by atomic mass is 9.99. The van der Waals surface area contributed by atoms with Gasteiger partial charge in [0, 0.05) is 6.20 Å². The van der Waals surface area contributed by atoms with Gasteiger partial charge in [-0.2, -0.15) is 0 Å². The zero-order valence-corrected chi connectivity index (χ0v) is 15.8. The van der Waals surface area contributed by atoms with Crippen LogP contribution in [0.2, 0.25) is 0 Å². The van der Waals surface area contributed by atoms with E-state index in [9.17, 15) is 13.2 Å². The third-order valence-electron chi connectivity index (χ3n) is 4.97. The molecule has 2 heterocycles. The van der Waals surface area contributed by atoms with E-state index in [4.69, 9.17) is 4.99 Å². The van der Waals surface area contributed by atoms with Gasteiger partial charge in [0.05, 0.1) is 17.4 Å². The van der Waals surface area contributed by atoms with E-state index < -0.39 is 6.36 Å². The number of aryl methyl sites for hydroxylation is 1. The molecular formula is C23H19F3N2O. The van der Waals surface area contributed by atoms with Crippen LogP contribution in [-0.2, 0) is 0 Å². The highest BCUT2D eigenvalue weighted by molar-refractivity contribution is 6.01. The first-order valence-electron chi connectivity index (χ1n) is 9.34. The highest BCUT2D eigenvalue weighted by Crippen LogP contribution is 2.33. The molecule has 3 nitrogen and oxygen atoms in total. The molecule has 1 unspecified atom stereocenters. The second-order valence-corrected chi connectivity index (χ2v) is 6.99. The maximum Gasteiger partial charge on any atom is 0.573 e. The van der Waals surface area contributed by atoms with Crippen LogP contribution in [0.1, 0.15) is 35.7 Å². The van der Waals surface area contributed by atoms with Crippen molar-refractivity contribution < 1.29 is 17.9 Å². The number of hydrogen-bond acceptors (Lipinski definition) is 3. The summed E-state index contributed by atoms with van der Waals surface area (Å²) in [4.78, 5) is 9.33. The number of aromatic nitrogens is 1. The number of halogens is 3. The maximum absolute atomic E-state index is 12.3. The molecule has 0 aliphatic carbocycles. The van der Waals surface area contributed by atoms with Gasteiger partial charge < -0.3 is 4.74 Å². The van der Waals surface area contributed by atoms with Gasteiger partial charge in [-0.25, -0.2) is 0 Å². The molecule has 29 heavy (non-hydrogen) atoms. The highest BCUT2D eigenvalue weighted by atomic mass is 19.4. The second kappa shape index (κ2) is 7.70. The van der Waals surface area contributed by atoms with E-state index in [0.717, 1.165) is 46.5 Å². The Bertz CT molecular complexity index is 1030. The fraction of sp³-hybridized carbons (Fsp3) is 0.217. The molecule has 2 aromatic carbocycles. The zero-order valence-electron chi connectivity index (χ0n) is 15.8. The smallest absolute Gasteiger partial charge is 0.406 e. The third-order valence-corrected chi connectivity index (χ3v) is 4.97. The molecule has 0 radical (unpaired) electrons. The minimum atomic E-state index is -4.68. The molecule has 0 fully saturated rings. The quantitative estimate of drug-likeness (QED) is 0.520. The lowest BCUT2D eigenvalue weighted by Gasteiger charge is -2.10. The Morgan fingerprint density at radius 2 is 1.59 bits per heavy atom. The minimum Gasteiger partial charge on any atom is -0.406 e. The van der Waals surface area contributed by atoms with Crippen LogP contribution < -0.4 is 4.74 Å². The van der Waals surface area contributed by atoms with Crippen LogP contribution in [0.15, 0.2) is 71.9 Å². The molecule has 0 saturated heterocycles. The van der Waals surface area contributed by atoms with E-state index in [1.807, 2.05) is 43.3 Å². The zero-order chi connectivity index (χ0) is 20.4. The number of alkyl halides is 3. The lowest BCUT2D eigenvalue weighted by molar-refractivity contribution is -0.274. The van der Waals surface area contributed by atoms with Crippen molar-refractivity contribution in [2.24, 2.45) is 4.99 Å². The normalized spacial score (nSPS) is 16.6. The van der Waals surface area contributed by atoms with E-state index in [1.54, 1.807) is 18.3 Å². The van der Waals surface area contributed by atoms with Gasteiger partial charge in [-0.05, 0) is 60.2 Å². The standard InChI is InChI=1S/C23H19F3N2O/c1-15-3-2-14-27-22(15)21-13-12-20(28-21)18-6-4-16(5-7-18)17-8-10-19(11-9-17)29-23(24,25)26/h2-11,14,20H,12-13H2,1H3. The van der Waals surface area contributed by atoms with Crippen molar-refractivity contribution in [2.75, 3.05) is 0 Å². The molecule has 0 N–H and O–H groups in total. The van der Waals surface area contributed by atoms with Gasteiger partial charge in [0.15, 0.2) is 0 Å². The first kappa shape index (κ1) is 19.2. The number of ether oxygens (including phenoxy) is 1. The first-order chi connectivity index (χ1) is 13.9.